The lowest BCUT2D eigenvalue weighted by atomic mass is 9.78. The standard InChI is InChI=1S/C21H34ClN3O2/c1-5-23-20(25-14-18(26)16-10-6-7-11-17(16)22)24-13-15-9-8-12-27-19(15)21(2,3)4/h6-7,10-11,15,18-19,26H,5,8-9,12-14H2,1-4H3,(H2,23,24,25). The van der Waals surface area contributed by atoms with Gasteiger partial charge in [-0.05, 0) is 31.2 Å². The lowest BCUT2D eigenvalue weighted by Gasteiger charge is -2.40. The topological polar surface area (TPSA) is 65.9 Å². The second-order valence-corrected chi connectivity index (χ2v) is 8.60. The molecule has 0 aromatic heterocycles. The van der Waals surface area contributed by atoms with E-state index >= 15 is 0 Å². The van der Waals surface area contributed by atoms with E-state index in [-0.39, 0.29) is 18.1 Å². The second kappa shape index (κ2) is 10.3. The van der Waals surface area contributed by atoms with Crippen molar-refractivity contribution in [2.45, 2.75) is 52.7 Å². The number of ether oxygens (including phenoxy) is 1. The number of aliphatic hydroxyl groups is 1. The molecule has 3 N–H and O–H groups in total. The molecule has 152 valence electrons. The fourth-order valence-electron chi connectivity index (χ4n) is 3.60. The summed E-state index contributed by atoms with van der Waals surface area (Å²) >= 11 is 6.16. The largest absolute Gasteiger partial charge is 0.386 e. The maximum Gasteiger partial charge on any atom is 0.191 e. The van der Waals surface area contributed by atoms with Crippen LogP contribution >= 0.6 is 11.6 Å². The van der Waals surface area contributed by atoms with Gasteiger partial charge in [0.15, 0.2) is 5.96 Å². The number of aliphatic imine (C=N–C) groups is 1. The van der Waals surface area contributed by atoms with Gasteiger partial charge in [-0.3, -0.25) is 4.99 Å². The highest BCUT2D eigenvalue weighted by Crippen LogP contribution is 2.33. The number of guanidine groups is 1. The number of nitrogens with one attached hydrogen (secondary N) is 2. The van der Waals surface area contributed by atoms with E-state index in [2.05, 4.69) is 36.4 Å². The predicted octanol–water partition coefficient (Wildman–Crippen LogP) is 3.77. The molecule has 0 aliphatic carbocycles. The molecule has 2 rings (SSSR count). The molecule has 6 heteroatoms. The zero-order valence-electron chi connectivity index (χ0n) is 17.0. The highest BCUT2D eigenvalue weighted by molar-refractivity contribution is 6.31. The highest BCUT2D eigenvalue weighted by atomic mass is 35.5. The molecule has 1 fully saturated rings. The third-order valence-electron chi connectivity index (χ3n) is 4.86. The molecule has 27 heavy (non-hydrogen) atoms. The smallest absolute Gasteiger partial charge is 0.191 e. The van der Waals surface area contributed by atoms with Crippen molar-refractivity contribution >= 4 is 17.6 Å². The molecule has 1 heterocycles. The van der Waals surface area contributed by atoms with Crippen LogP contribution in [-0.4, -0.2) is 43.4 Å². The van der Waals surface area contributed by atoms with Crippen molar-refractivity contribution in [3.63, 3.8) is 0 Å². The molecular weight excluding hydrogens is 362 g/mol. The van der Waals surface area contributed by atoms with Crippen LogP contribution in [0.4, 0.5) is 0 Å². The number of benzene rings is 1. The third-order valence-corrected chi connectivity index (χ3v) is 5.21. The van der Waals surface area contributed by atoms with Crippen molar-refractivity contribution in [1.29, 1.82) is 0 Å². The zero-order valence-corrected chi connectivity index (χ0v) is 17.7. The SMILES string of the molecule is CCNC(=NCC(O)c1ccccc1Cl)NCC1CCCOC1C(C)(C)C. The maximum absolute atomic E-state index is 10.4. The lowest BCUT2D eigenvalue weighted by molar-refractivity contribution is -0.0835. The molecule has 1 aromatic rings. The van der Waals surface area contributed by atoms with Crippen molar-refractivity contribution in [2.75, 3.05) is 26.2 Å². The van der Waals surface area contributed by atoms with E-state index in [1.54, 1.807) is 6.07 Å². The van der Waals surface area contributed by atoms with Crippen molar-refractivity contribution in [3.8, 4) is 0 Å². The average Bonchev–Trinajstić information content (AvgIpc) is 2.63. The molecule has 0 radical (unpaired) electrons. The van der Waals surface area contributed by atoms with Gasteiger partial charge < -0.3 is 20.5 Å². The Bertz CT molecular complexity index is 616. The van der Waals surface area contributed by atoms with Gasteiger partial charge in [-0.2, -0.15) is 0 Å². The van der Waals surface area contributed by atoms with E-state index in [1.807, 2.05) is 25.1 Å². The van der Waals surface area contributed by atoms with Crippen molar-refractivity contribution < 1.29 is 9.84 Å². The zero-order chi connectivity index (χ0) is 19.9. The first kappa shape index (κ1) is 22.0. The summed E-state index contributed by atoms with van der Waals surface area (Å²) < 4.78 is 6.06. The summed E-state index contributed by atoms with van der Waals surface area (Å²) in [4.78, 5) is 4.55. The summed E-state index contributed by atoms with van der Waals surface area (Å²) in [5, 5.41) is 17.7. The van der Waals surface area contributed by atoms with Crippen LogP contribution < -0.4 is 10.6 Å². The second-order valence-electron chi connectivity index (χ2n) is 8.20. The monoisotopic (exact) mass is 395 g/mol. The van der Waals surface area contributed by atoms with Crippen molar-refractivity contribution in [3.05, 3.63) is 34.9 Å². The van der Waals surface area contributed by atoms with Crippen LogP contribution in [0.5, 0.6) is 0 Å². The minimum atomic E-state index is -0.727. The van der Waals surface area contributed by atoms with E-state index in [4.69, 9.17) is 16.3 Å². The summed E-state index contributed by atoms with van der Waals surface area (Å²) in [6.07, 6.45) is 1.75. The van der Waals surface area contributed by atoms with Gasteiger partial charge in [0, 0.05) is 36.2 Å². The van der Waals surface area contributed by atoms with E-state index in [1.165, 1.54) is 0 Å². The normalized spacial score (nSPS) is 22.4. The summed E-state index contributed by atoms with van der Waals surface area (Å²) in [6, 6.07) is 7.33. The van der Waals surface area contributed by atoms with Gasteiger partial charge >= 0.3 is 0 Å². The fraction of sp³-hybridized carbons (Fsp3) is 0.667. The predicted molar refractivity (Wildman–Crippen MR) is 112 cm³/mol. The Kier molecular flexibility index (Phi) is 8.39. The Hall–Kier alpha value is -1.30. The molecule has 5 nitrogen and oxygen atoms in total. The number of nitrogens with zero attached hydrogens (tertiary/aromatic N) is 1. The van der Waals surface area contributed by atoms with Crippen LogP contribution in [0.3, 0.4) is 0 Å². The molecule has 0 spiro atoms. The van der Waals surface area contributed by atoms with Crippen LogP contribution in [0.15, 0.2) is 29.3 Å². The number of halogens is 1. The Morgan fingerprint density at radius 1 is 1.33 bits per heavy atom. The minimum Gasteiger partial charge on any atom is -0.386 e. The summed E-state index contributed by atoms with van der Waals surface area (Å²) in [5.41, 5.74) is 0.815. The lowest BCUT2D eigenvalue weighted by Crippen LogP contribution is -2.47. The quantitative estimate of drug-likeness (QED) is 0.506. The molecule has 1 aliphatic rings. The third kappa shape index (κ3) is 6.66. The summed E-state index contributed by atoms with van der Waals surface area (Å²) in [7, 11) is 0. The van der Waals surface area contributed by atoms with Gasteiger partial charge in [-0.25, -0.2) is 0 Å². The molecule has 3 unspecified atom stereocenters. The molecule has 1 aromatic carbocycles. The summed E-state index contributed by atoms with van der Waals surface area (Å²) in [6.45, 7) is 11.4. The Morgan fingerprint density at radius 3 is 2.74 bits per heavy atom. The number of aliphatic hydroxyl groups excluding tert-OH is 1. The van der Waals surface area contributed by atoms with Gasteiger partial charge in [0.2, 0.25) is 0 Å². The van der Waals surface area contributed by atoms with Crippen molar-refractivity contribution in [2.24, 2.45) is 16.3 Å². The molecule has 3 atom stereocenters. The molecular formula is C21H34ClN3O2. The first-order valence-corrected chi connectivity index (χ1v) is 10.3. The summed E-state index contributed by atoms with van der Waals surface area (Å²) in [5.74, 6) is 1.15. The van der Waals surface area contributed by atoms with E-state index < -0.39 is 6.10 Å². The number of rotatable bonds is 6. The Morgan fingerprint density at radius 2 is 2.07 bits per heavy atom. The van der Waals surface area contributed by atoms with Crippen LogP contribution in [-0.2, 0) is 4.74 Å². The molecule has 0 saturated carbocycles. The minimum absolute atomic E-state index is 0.114. The molecule has 0 bridgehead atoms. The fourth-order valence-corrected chi connectivity index (χ4v) is 3.86. The molecule has 0 amide bonds. The van der Waals surface area contributed by atoms with Crippen LogP contribution in [0.2, 0.25) is 5.02 Å². The molecule has 1 saturated heterocycles. The maximum atomic E-state index is 10.4. The average molecular weight is 396 g/mol. The first-order valence-electron chi connectivity index (χ1n) is 9.89. The van der Waals surface area contributed by atoms with Gasteiger partial charge in [0.1, 0.15) is 6.10 Å². The first-order chi connectivity index (χ1) is 12.8. The van der Waals surface area contributed by atoms with Crippen LogP contribution in [0.25, 0.3) is 0 Å². The number of hydrogen-bond acceptors (Lipinski definition) is 3. The van der Waals surface area contributed by atoms with Gasteiger partial charge in [-0.15, -0.1) is 0 Å². The number of hydrogen-bond donors (Lipinski definition) is 3. The highest BCUT2D eigenvalue weighted by Gasteiger charge is 2.35. The van der Waals surface area contributed by atoms with Gasteiger partial charge in [-0.1, -0.05) is 50.6 Å². The Balaban J connectivity index is 1.97. The van der Waals surface area contributed by atoms with Gasteiger partial charge in [0.05, 0.1) is 12.6 Å². The van der Waals surface area contributed by atoms with E-state index in [9.17, 15) is 5.11 Å². The van der Waals surface area contributed by atoms with Crippen LogP contribution in [0.1, 0.15) is 52.2 Å². The van der Waals surface area contributed by atoms with E-state index in [0.717, 1.165) is 32.5 Å². The molecule has 1 aliphatic heterocycles. The van der Waals surface area contributed by atoms with E-state index in [0.29, 0.717) is 22.5 Å². The van der Waals surface area contributed by atoms with Crippen LogP contribution in [0, 0.1) is 11.3 Å². The van der Waals surface area contributed by atoms with Crippen molar-refractivity contribution in [1.82, 2.24) is 10.6 Å². The Labute approximate surface area is 168 Å². The van der Waals surface area contributed by atoms with Gasteiger partial charge in [0.25, 0.3) is 0 Å².